The Morgan fingerprint density at radius 1 is 1.37 bits per heavy atom. The molecule has 0 radical (unpaired) electrons. The fourth-order valence-corrected chi connectivity index (χ4v) is 2.88. The first-order valence-electron chi connectivity index (χ1n) is 6.63. The number of carbonyl (C=O) groups is 1. The van der Waals surface area contributed by atoms with Gasteiger partial charge in [0.15, 0.2) is 0 Å². The van der Waals surface area contributed by atoms with Gasteiger partial charge in [-0.3, -0.25) is 9.69 Å². The highest BCUT2D eigenvalue weighted by molar-refractivity contribution is 9.10. The van der Waals surface area contributed by atoms with Crippen LogP contribution in [0.2, 0.25) is 0 Å². The lowest BCUT2D eigenvalue weighted by Crippen LogP contribution is -2.35. The summed E-state index contributed by atoms with van der Waals surface area (Å²) in [4.78, 5) is 14.2. The Bertz CT molecular complexity index is 422. The van der Waals surface area contributed by atoms with E-state index in [1.165, 1.54) is 0 Å². The van der Waals surface area contributed by atoms with Gasteiger partial charge in [0.05, 0.1) is 6.54 Å². The van der Waals surface area contributed by atoms with Crippen molar-refractivity contribution in [2.24, 2.45) is 0 Å². The molecule has 0 aromatic heterocycles. The molecule has 104 valence electrons. The third-order valence-corrected chi connectivity index (χ3v) is 3.58. The zero-order chi connectivity index (χ0) is 13.7. The second-order valence-corrected chi connectivity index (χ2v) is 5.86. The van der Waals surface area contributed by atoms with Gasteiger partial charge in [0.2, 0.25) is 5.91 Å². The predicted octanol–water partition coefficient (Wildman–Crippen LogP) is 1.99. The third kappa shape index (κ3) is 4.93. The van der Waals surface area contributed by atoms with E-state index in [-0.39, 0.29) is 5.91 Å². The largest absolute Gasteiger partial charge is 0.325 e. The van der Waals surface area contributed by atoms with Crippen molar-refractivity contribution in [2.45, 2.75) is 13.3 Å². The highest BCUT2D eigenvalue weighted by Gasteiger charge is 2.12. The van der Waals surface area contributed by atoms with E-state index in [4.69, 9.17) is 0 Å². The molecule has 0 atom stereocenters. The standard InChI is InChI=1S/C14H20BrN3O/c1-11-7-12(15)9-13(8-11)17-14(19)10-18-5-2-3-16-4-6-18/h7-9,16H,2-6,10H2,1H3,(H,17,19). The molecule has 1 aliphatic rings. The molecule has 5 heteroatoms. The van der Waals surface area contributed by atoms with E-state index in [0.29, 0.717) is 6.54 Å². The lowest BCUT2D eigenvalue weighted by atomic mass is 10.2. The molecule has 1 saturated heterocycles. The van der Waals surface area contributed by atoms with Crippen molar-refractivity contribution in [3.05, 3.63) is 28.2 Å². The van der Waals surface area contributed by atoms with Crippen molar-refractivity contribution in [1.82, 2.24) is 10.2 Å². The molecule has 0 saturated carbocycles. The molecule has 0 spiro atoms. The molecular formula is C14H20BrN3O. The lowest BCUT2D eigenvalue weighted by molar-refractivity contribution is -0.117. The normalized spacial score (nSPS) is 16.9. The molecule has 1 aliphatic heterocycles. The molecule has 4 nitrogen and oxygen atoms in total. The SMILES string of the molecule is Cc1cc(Br)cc(NC(=O)CN2CCCNCC2)c1. The van der Waals surface area contributed by atoms with E-state index >= 15 is 0 Å². The van der Waals surface area contributed by atoms with Crippen molar-refractivity contribution in [1.29, 1.82) is 0 Å². The minimum atomic E-state index is 0.0550. The van der Waals surface area contributed by atoms with Crippen LogP contribution in [0, 0.1) is 6.92 Å². The molecule has 1 amide bonds. The number of hydrogen-bond donors (Lipinski definition) is 2. The first kappa shape index (κ1) is 14.5. The van der Waals surface area contributed by atoms with E-state index in [2.05, 4.69) is 31.5 Å². The summed E-state index contributed by atoms with van der Waals surface area (Å²) in [7, 11) is 0. The van der Waals surface area contributed by atoms with Crippen LogP contribution < -0.4 is 10.6 Å². The van der Waals surface area contributed by atoms with Crippen molar-refractivity contribution in [2.75, 3.05) is 38.0 Å². The van der Waals surface area contributed by atoms with Crippen LogP contribution in [0.5, 0.6) is 0 Å². The third-order valence-electron chi connectivity index (χ3n) is 3.13. The maximum absolute atomic E-state index is 12.0. The summed E-state index contributed by atoms with van der Waals surface area (Å²) in [6, 6.07) is 5.93. The molecule has 0 bridgehead atoms. The summed E-state index contributed by atoms with van der Waals surface area (Å²) in [6.07, 6.45) is 1.10. The van der Waals surface area contributed by atoms with Gasteiger partial charge in [-0.2, -0.15) is 0 Å². The monoisotopic (exact) mass is 325 g/mol. The molecule has 0 aliphatic carbocycles. The molecule has 2 N–H and O–H groups in total. The molecule has 1 aromatic carbocycles. The topological polar surface area (TPSA) is 44.4 Å². The van der Waals surface area contributed by atoms with Gasteiger partial charge in [0.1, 0.15) is 0 Å². The first-order valence-corrected chi connectivity index (χ1v) is 7.43. The number of amides is 1. The van der Waals surface area contributed by atoms with E-state index < -0.39 is 0 Å². The van der Waals surface area contributed by atoms with Gasteiger partial charge in [-0.25, -0.2) is 0 Å². The number of rotatable bonds is 3. The van der Waals surface area contributed by atoms with Crippen LogP contribution in [-0.2, 0) is 4.79 Å². The van der Waals surface area contributed by atoms with Crippen LogP contribution in [0.1, 0.15) is 12.0 Å². The van der Waals surface area contributed by atoms with E-state index in [1.54, 1.807) is 0 Å². The average molecular weight is 326 g/mol. The Kier molecular flexibility index (Phi) is 5.36. The predicted molar refractivity (Wildman–Crippen MR) is 81.4 cm³/mol. The Balaban J connectivity index is 1.89. The van der Waals surface area contributed by atoms with E-state index in [9.17, 15) is 4.79 Å². The maximum atomic E-state index is 12.0. The van der Waals surface area contributed by atoms with Gasteiger partial charge in [0.25, 0.3) is 0 Å². The van der Waals surface area contributed by atoms with Gasteiger partial charge in [-0.05, 0) is 50.2 Å². The van der Waals surface area contributed by atoms with Gasteiger partial charge < -0.3 is 10.6 Å². The second kappa shape index (κ2) is 7.03. The molecule has 1 heterocycles. The fraction of sp³-hybridized carbons (Fsp3) is 0.500. The highest BCUT2D eigenvalue weighted by atomic mass is 79.9. The minimum Gasteiger partial charge on any atom is -0.325 e. The van der Waals surface area contributed by atoms with Crippen molar-refractivity contribution in [3.8, 4) is 0 Å². The van der Waals surface area contributed by atoms with Gasteiger partial charge in [0, 0.05) is 23.2 Å². The summed E-state index contributed by atoms with van der Waals surface area (Å²) in [5.41, 5.74) is 1.98. The highest BCUT2D eigenvalue weighted by Crippen LogP contribution is 2.19. The number of hydrogen-bond acceptors (Lipinski definition) is 3. The number of aryl methyl sites for hydroxylation is 1. The number of carbonyl (C=O) groups excluding carboxylic acids is 1. The van der Waals surface area contributed by atoms with Gasteiger partial charge in [-0.15, -0.1) is 0 Å². The van der Waals surface area contributed by atoms with Crippen molar-refractivity contribution >= 4 is 27.5 Å². The van der Waals surface area contributed by atoms with Crippen molar-refractivity contribution in [3.63, 3.8) is 0 Å². The van der Waals surface area contributed by atoms with Crippen LogP contribution in [0.4, 0.5) is 5.69 Å². The summed E-state index contributed by atoms with van der Waals surface area (Å²) in [6.45, 7) is 6.41. The van der Waals surface area contributed by atoms with Crippen LogP contribution in [-0.4, -0.2) is 43.5 Å². The first-order chi connectivity index (χ1) is 9.13. The molecule has 2 rings (SSSR count). The van der Waals surface area contributed by atoms with E-state index in [0.717, 1.165) is 48.3 Å². The number of anilines is 1. The summed E-state index contributed by atoms with van der Waals surface area (Å²) in [5, 5.41) is 6.30. The van der Waals surface area contributed by atoms with Crippen LogP contribution in [0.15, 0.2) is 22.7 Å². The zero-order valence-electron chi connectivity index (χ0n) is 11.2. The fourth-order valence-electron chi connectivity index (χ4n) is 2.27. The summed E-state index contributed by atoms with van der Waals surface area (Å²) < 4.78 is 0.988. The quantitative estimate of drug-likeness (QED) is 0.893. The number of nitrogens with zero attached hydrogens (tertiary/aromatic N) is 1. The summed E-state index contributed by atoms with van der Waals surface area (Å²) in [5.74, 6) is 0.0550. The summed E-state index contributed by atoms with van der Waals surface area (Å²) >= 11 is 3.44. The number of nitrogens with one attached hydrogen (secondary N) is 2. The van der Waals surface area contributed by atoms with Crippen LogP contribution in [0.25, 0.3) is 0 Å². The smallest absolute Gasteiger partial charge is 0.238 e. The molecule has 1 aromatic rings. The average Bonchev–Trinajstić information content (AvgIpc) is 2.55. The Morgan fingerprint density at radius 3 is 3.00 bits per heavy atom. The Morgan fingerprint density at radius 2 is 2.21 bits per heavy atom. The lowest BCUT2D eigenvalue weighted by Gasteiger charge is -2.18. The Hall–Kier alpha value is -0.910. The Labute approximate surface area is 122 Å². The van der Waals surface area contributed by atoms with Gasteiger partial charge in [-0.1, -0.05) is 15.9 Å². The molecule has 19 heavy (non-hydrogen) atoms. The maximum Gasteiger partial charge on any atom is 0.238 e. The number of halogens is 1. The molecule has 1 fully saturated rings. The minimum absolute atomic E-state index is 0.0550. The van der Waals surface area contributed by atoms with Crippen LogP contribution in [0.3, 0.4) is 0 Å². The van der Waals surface area contributed by atoms with Crippen molar-refractivity contribution < 1.29 is 4.79 Å². The van der Waals surface area contributed by atoms with Crippen LogP contribution >= 0.6 is 15.9 Å². The molecule has 0 unspecified atom stereocenters. The van der Waals surface area contributed by atoms with Gasteiger partial charge >= 0.3 is 0 Å². The second-order valence-electron chi connectivity index (χ2n) is 4.95. The molecular weight excluding hydrogens is 306 g/mol. The zero-order valence-corrected chi connectivity index (χ0v) is 12.8. The van der Waals surface area contributed by atoms with E-state index in [1.807, 2.05) is 25.1 Å². The number of benzene rings is 1.